The first-order chi connectivity index (χ1) is 9.62. The van der Waals surface area contributed by atoms with Gasteiger partial charge in [-0.05, 0) is 37.6 Å². The predicted octanol–water partition coefficient (Wildman–Crippen LogP) is 2.41. The van der Waals surface area contributed by atoms with Gasteiger partial charge in [0, 0.05) is 30.8 Å². The first-order valence-corrected chi connectivity index (χ1v) is 7.44. The number of carbonyl (C=O) groups excluding carboxylic acids is 1. The van der Waals surface area contributed by atoms with Crippen molar-refractivity contribution in [2.24, 2.45) is 0 Å². The zero-order valence-electron chi connectivity index (χ0n) is 12.5. The summed E-state index contributed by atoms with van der Waals surface area (Å²) in [5.41, 5.74) is 2.06. The summed E-state index contributed by atoms with van der Waals surface area (Å²) in [6.07, 6.45) is 1.10. The molecule has 0 saturated heterocycles. The number of anilines is 1. The van der Waals surface area contributed by atoms with E-state index in [2.05, 4.69) is 17.6 Å². The molecule has 0 radical (unpaired) electrons. The van der Waals surface area contributed by atoms with Gasteiger partial charge in [0.15, 0.2) is 0 Å². The van der Waals surface area contributed by atoms with Crippen LogP contribution >= 0.6 is 11.6 Å². The van der Waals surface area contributed by atoms with Crippen LogP contribution in [0.5, 0.6) is 0 Å². The van der Waals surface area contributed by atoms with Crippen molar-refractivity contribution in [3.63, 3.8) is 0 Å². The SMILES string of the molecule is CCCNCc1ccc(N(CC)CC(=O)NC)cc1Cl. The molecular formula is C15H24ClN3O. The van der Waals surface area contributed by atoms with E-state index in [-0.39, 0.29) is 5.91 Å². The second-order valence-electron chi connectivity index (χ2n) is 4.64. The highest BCUT2D eigenvalue weighted by atomic mass is 35.5. The monoisotopic (exact) mass is 297 g/mol. The summed E-state index contributed by atoms with van der Waals surface area (Å²) < 4.78 is 0. The third-order valence-corrected chi connectivity index (χ3v) is 3.49. The Morgan fingerprint density at radius 2 is 2.10 bits per heavy atom. The fourth-order valence-corrected chi connectivity index (χ4v) is 2.16. The molecule has 5 heteroatoms. The Balaban J connectivity index is 2.75. The van der Waals surface area contributed by atoms with Crippen molar-refractivity contribution >= 4 is 23.2 Å². The second-order valence-corrected chi connectivity index (χ2v) is 5.05. The van der Waals surface area contributed by atoms with Crippen LogP contribution in [0.25, 0.3) is 0 Å². The molecule has 0 aliphatic heterocycles. The van der Waals surface area contributed by atoms with Gasteiger partial charge < -0.3 is 15.5 Å². The average molecular weight is 298 g/mol. The summed E-state index contributed by atoms with van der Waals surface area (Å²) in [6, 6.07) is 5.96. The van der Waals surface area contributed by atoms with Crippen LogP contribution in [0.4, 0.5) is 5.69 Å². The van der Waals surface area contributed by atoms with Gasteiger partial charge in [-0.15, -0.1) is 0 Å². The fourth-order valence-electron chi connectivity index (χ4n) is 1.91. The number of amides is 1. The van der Waals surface area contributed by atoms with Crippen LogP contribution in [0.1, 0.15) is 25.8 Å². The molecule has 1 aromatic rings. The molecule has 1 rings (SSSR count). The number of rotatable bonds is 8. The molecule has 0 spiro atoms. The Kier molecular flexibility index (Phi) is 7.41. The highest BCUT2D eigenvalue weighted by molar-refractivity contribution is 6.31. The summed E-state index contributed by atoms with van der Waals surface area (Å²) in [7, 11) is 1.64. The van der Waals surface area contributed by atoms with E-state index in [0.29, 0.717) is 6.54 Å². The van der Waals surface area contributed by atoms with Crippen molar-refractivity contribution in [3.05, 3.63) is 28.8 Å². The quantitative estimate of drug-likeness (QED) is 0.724. The van der Waals surface area contributed by atoms with E-state index in [1.165, 1.54) is 0 Å². The summed E-state index contributed by atoms with van der Waals surface area (Å²) >= 11 is 6.31. The molecule has 4 nitrogen and oxygen atoms in total. The Morgan fingerprint density at radius 3 is 2.65 bits per heavy atom. The number of nitrogens with one attached hydrogen (secondary N) is 2. The van der Waals surface area contributed by atoms with Crippen LogP contribution in [0.3, 0.4) is 0 Å². The lowest BCUT2D eigenvalue weighted by Crippen LogP contribution is -2.35. The molecule has 0 atom stereocenters. The Hall–Kier alpha value is -1.26. The minimum absolute atomic E-state index is 0.00309. The van der Waals surface area contributed by atoms with Gasteiger partial charge >= 0.3 is 0 Å². The highest BCUT2D eigenvalue weighted by Crippen LogP contribution is 2.23. The lowest BCUT2D eigenvalue weighted by Gasteiger charge is -2.23. The molecule has 0 bridgehead atoms. The molecule has 2 N–H and O–H groups in total. The number of benzene rings is 1. The summed E-state index contributed by atoms with van der Waals surface area (Å²) in [4.78, 5) is 13.5. The molecule has 112 valence electrons. The van der Waals surface area contributed by atoms with Crippen LogP contribution in [0.2, 0.25) is 5.02 Å². The van der Waals surface area contributed by atoms with Crippen LogP contribution in [-0.2, 0) is 11.3 Å². The average Bonchev–Trinajstić information content (AvgIpc) is 2.46. The van der Waals surface area contributed by atoms with E-state index < -0.39 is 0 Å². The van der Waals surface area contributed by atoms with Crippen molar-refractivity contribution in [3.8, 4) is 0 Å². The van der Waals surface area contributed by atoms with E-state index in [1.807, 2.05) is 30.0 Å². The number of nitrogens with zero attached hydrogens (tertiary/aromatic N) is 1. The van der Waals surface area contributed by atoms with E-state index in [9.17, 15) is 4.79 Å². The Morgan fingerprint density at radius 1 is 1.35 bits per heavy atom. The molecule has 1 amide bonds. The van der Waals surface area contributed by atoms with Gasteiger partial charge in [0.2, 0.25) is 5.91 Å². The largest absolute Gasteiger partial charge is 0.362 e. The predicted molar refractivity (Wildman–Crippen MR) is 85.4 cm³/mol. The minimum Gasteiger partial charge on any atom is -0.362 e. The van der Waals surface area contributed by atoms with Crippen molar-refractivity contribution in [1.29, 1.82) is 0 Å². The van der Waals surface area contributed by atoms with Gasteiger partial charge in [-0.3, -0.25) is 4.79 Å². The van der Waals surface area contributed by atoms with Crippen LogP contribution < -0.4 is 15.5 Å². The molecule has 1 aromatic carbocycles. The van der Waals surface area contributed by atoms with Crippen molar-refractivity contribution in [2.75, 3.05) is 31.6 Å². The first-order valence-electron chi connectivity index (χ1n) is 7.07. The van der Waals surface area contributed by atoms with Crippen LogP contribution in [-0.4, -0.2) is 32.6 Å². The first kappa shape index (κ1) is 16.8. The zero-order chi connectivity index (χ0) is 15.0. The van der Waals surface area contributed by atoms with Gasteiger partial charge in [0.1, 0.15) is 0 Å². The maximum absolute atomic E-state index is 11.5. The number of hydrogen-bond acceptors (Lipinski definition) is 3. The molecule has 0 aliphatic carbocycles. The van der Waals surface area contributed by atoms with Gasteiger partial charge in [-0.1, -0.05) is 24.6 Å². The van der Waals surface area contributed by atoms with Gasteiger partial charge in [-0.25, -0.2) is 0 Å². The molecule has 0 unspecified atom stereocenters. The molecule has 0 heterocycles. The lowest BCUT2D eigenvalue weighted by atomic mass is 10.2. The molecule has 0 fully saturated rings. The summed E-state index contributed by atoms with van der Waals surface area (Å²) in [5, 5.41) is 6.71. The molecule has 0 aromatic heterocycles. The topological polar surface area (TPSA) is 44.4 Å². The van der Waals surface area contributed by atoms with E-state index in [4.69, 9.17) is 11.6 Å². The van der Waals surface area contributed by atoms with Crippen molar-refractivity contribution < 1.29 is 4.79 Å². The maximum Gasteiger partial charge on any atom is 0.239 e. The molecule has 20 heavy (non-hydrogen) atoms. The van der Waals surface area contributed by atoms with Crippen LogP contribution in [0, 0.1) is 0 Å². The van der Waals surface area contributed by atoms with E-state index in [1.54, 1.807) is 7.05 Å². The lowest BCUT2D eigenvalue weighted by molar-refractivity contribution is -0.119. The smallest absolute Gasteiger partial charge is 0.239 e. The second kappa shape index (κ2) is 8.82. The van der Waals surface area contributed by atoms with Gasteiger partial charge in [0.25, 0.3) is 0 Å². The van der Waals surface area contributed by atoms with Crippen molar-refractivity contribution in [1.82, 2.24) is 10.6 Å². The van der Waals surface area contributed by atoms with E-state index >= 15 is 0 Å². The Labute approximate surface area is 126 Å². The molecule has 0 saturated carbocycles. The minimum atomic E-state index is -0.00309. The van der Waals surface area contributed by atoms with Crippen molar-refractivity contribution in [2.45, 2.75) is 26.8 Å². The molecule has 0 aliphatic rings. The van der Waals surface area contributed by atoms with E-state index in [0.717, 1.165) is 42.3 Å². The normalized spacial score (nSPS) is 10.4. The number of hydrogen-bond donors (Lipinski definition) is 2. The molecular weight excluding hydrogens is 274 g/mol. The highest BCUT2D eigenvalue weighted by Gasteiger charge is 2.10. The van der Waals surface area contributed by atoms with Crippen LogP contribution in [0.15, 0.2) is 18.2 Å². The number of carbonyl (C=O) groups is 1. The maximum atomic E-state index is 11.5. The van der Waals surface area contributed by atoms with Gasteiger partial charge in [0.05, 0.1) is 6.54 Å². The zero-order valence-corrected chi connectivity index (χ0v) is 13.3. The number of likely N-dealkylation sites (N-methyl/N-ethyl adjacent to an activating group) is 2. The third-order valence-electron chi connectivity index (χ3n) is 3.14. The fraction of sp³-hybridized carbons (Fsp3) is 0.533. The summed E-state index contributed by atoms with van der Waals surface area (Å²) in [5.74, 6) is -0.00309. The number of halogens is 1. The van der Waals surface area contributed by atoms with Gasteiger partial charge in [-0.2, -0.15) is 0 Å². The standard InChI is InChI=1S/C15H24ClN3O/c1-4-8-18-10-12-6-7-13(9-14(12)16)19(5-2)11-15(20)17-3/h6-7,9,18H,4-5,8,10-11H2,1-3H3,(H,17,20). The Bertz CT molecular complexity index is 437. The summed E-state index contributed by atoms with van der Waals surface area (Å²) in [6.45, 7) is 7.02. The third kappa shape index (κ3) is 5.02.